The van der Waals surface area contributed by atoms with Crippen LogP contribution >= 0.6 is 0 Å². The number of benzene rings is 1. The van der Waals surface area contributed by atoms with Crippen LogP contribution in [0.25, 0.3) is 0 Å². The fraction of sp³-hybridized carbons (Fsp3) is 0. The van der Waals surface area contributed by atoms with Crippen LogP contribution in [0.15, 0.2) is 42.5 Å². The molecule has 0 saturated heterocycles. The molecule has 1 aromatic heterocycles. The van der Waals surface area contributed by atoms with E-state index in [-0.39, 0.29) is 0 Å². The summed E-state index contributed by atoms with van der Waals surface area (Å²) < 4.78 is 0. The van der Waals surface area contributed by atoms with Crippen molar-refractivity contribution < 1.29 is 4.79 Å². The highest BCUT2D eigenvalue weighted by Crippen LogP contribution is 2.16. The van der Waals surface area contributed by atoms with Crippen molar-refractivity contribution in [2.24, 2.45) is 5.73 Å². The van der Waals surface area contributed by atoms with Gasteiger partial charge in [0.2, 0.25) is 5.91 Å². The van der Waals surface area contributed by atoms with Crippen molar-refractivity contribution in [2.75, 3.05) is 5.32 Å². The SMILES string of the molecule is N#Cc1cccc(Nc2cccc(C(N)=O)c2)n1. The molecule has 88 valence electrons. The molecule has 2 rings (SSSR count). The molecule has 0 aliphatic heterocycles. The Morgan fingerprint density at radius 1 is 1.28 bits per heavy atom. The van der Waals surface area contributed by atoms with E-state index in [1.54, 1.807) is 42.5 Å². The zero-order valence-corrected chi connectivity index (χ0v) is 9.42. The summed E-state index contributed by atoms with van der Waals surface area (Å²) in [6, 6.07) is 13.8. The molecular weight excluding hydrogens is 228 g/mol. The van der Waals surface area contributed by atoms with Gasteiger partial charge in [0.15, 0.2) is 0 Å². The van der Waals surface area contributed by atoms with Gasteiger partial charge in [0.25, 0.3) is 0 Å². The lowest BCUT2D eigenvalue weighted by atomic mass is 10.2. The summed E-state index contributed by atoms with van der Waals surface area (Å²) in [5, 5.41) is 11.7. The Balaban J connectivity index is 2.26. The van der Waals surface area contributed by atoms with Crippen LogP contribution in [-0.4, -0.2) is 10.9 Å². The van der Waals surface area contributed by atoms with Gasteiger partial charge in [0, 0.05) is 11.3 Å². The van der Waals surface area contributed by atoms with E-state index in [4.69, 9.17) is 11.0 Å². The Morgan fingerprint density at radius 3 is 2.78 bits per heavy atom. The molecule has 0 fully saturated rings. The van der Waals surface area contributed by atoms with Gasteiger partial charge >= 0.3 is 0 Å². The number of nitrogens with one attached hydrogen (secondary N) is 1. The quantitative estimate of drug-likeness (QED) is 0.852. The highest BCUT2D eigenvalue weighted by Gasteiger charge is 2.02. The first-order valence-electron chi connectivity index (χ1n) is 5.23. The van der Waals surface area contributed by atoms with Crippen molar-refractivity contribution in [1.82, 2.24) is 4.98 Å². The lowest BCUT2D eigenvalue weighted by Crippen LogP contribution is -2.10. The maximum atomic E-state index is 11.0. The number of carbonyl (C=O) groups excluding carboxylic acids is 1. The van der Waals surface area contributed by atoms with E-state index >= 15 is 0 Å². The summed E-state index contributed by atoms with van der Waals surface area (Å²) in [6.07, 6.45) is 0. The predicted octanol–water partition coefficient (Wildman–Crippen LogP) is 1.80. The predicted molar refractivity (Wildman–Crippen MR) is 67.2 cm³/mol. The molecule has 5 heteroatoms. The van der Waals surface area contributed by atoms with Crippen LogP contribution in [0.1, 0.15) is 16.1 Å². The number of anilines is 2. The van der Waals surface area contributed by atoms with Crippen molar-refractivity contribution in [3.05, 3.63) is 53.7 Å². The summed E-state index contributed by atoms with van der Waals surface area (Å²) in [6.45, 7) is 0. The largest absolute Gasteiger partial charge is 0.366 e. The molecule has 18 heavy (non-hydrogen) atoms. The molecule has 0 bridgehead atoms. The van der Waals surface area contributed by atoms with Crippen molar-refractivity contribution >= 4 is 17.4 Å². The van der Waals surface area contributed by atoms with E-state index < -0.39 is 5.91 Å². The van der Waals surface area contributed by atoms with Crippen LogP contribution < -0.4 is 11.1 Å². The van der Waals surface area contributed by atoms with E-state index in [1.807, 2.05) is 6.07 Å². The second-order valence-corrected chi connectivity index (χ2v) is 3.59. The Hall–Kier alpha value is -2.87. The monoisotopic (exact) mass is 238 g/mol. The molecule has 3 N–H and O–H groups in total. The minimum Gasteiger partial charge on any atom is -0.366 e. The lowest BCUT2D eigenvalue weighted by Gasteiger charge is -2.06. The van der Waals surface area contributed by atoms with Gasteiger partial charge in [-0.2, -0.15) is 5.26 Å². The molecule has 2 aromatic rings. The summed E-state index contributed by atoms with van der Waals surface area (Å²) in [5.41, 5.74) is 6.62. The number of carbonyl (C=O) groups is 1. The van der Waals surface area contributed by atoms with Crippen molar-refractivity contribution in [1.29, 1.82) is 5.26 Å². The van der Waals surface area contributed by atoms with Crippen LogP contribution in [0.5, 0.6) is 0 Å². The highest BCUT2D eigenvalue weighted by molar-refractivity contribution is 5.93. The van der Waals surface area contributed by atoms with E-state index in [0.717, 1.165) is 0 Å². The molecular formula is C13H10N4O. The van der Waals surface area contributed by atoms with Crippen LogP contribution in [0.2, 0.25) is 0 Å². The number of nitrogens with two attached hydrogens (primary N) is 1. The minimum atomic E-state index is -0.489. The minimum absolute atomic E-state index is 0.325. The smallest absolute Gasteiger partial charge is 0.248 e. The number of pyridine rings is 1. The van der Waals surface area contributed by atoms with Gasteiger partial charge in [0.1, 0.15) is 17.6 Å². The molecule has 0 aliphatic rings. The second kappa shape index (κ2) is 4.97. The van der Waals surface area contributed by atoms with Gasteiger partial charge in [-0.1, -0.05) is 12.1 Å². The number of rotatable bonds is 3. The highest BCUT2D eigenvalue weighted by atomic mass is 16.1. The Bertz CT molecular complexity index is 631. The third-order valence-electron chi connectivity index (χ3n) is 2.28. The van der Waals surface area contributed by atoms with Crippen LogP contribution in [0.4, 0.5) is 11.5 Å². The number of nitrogens with zero attached hydrogens (tertiary/aromatic N) is 2. The molecule has 0 spiro atoms. The molecule has 1 aromatic carbocycles. The van der Waals surface area contributed by atoms with Gasteiger partial charge in [-0.25, -0.2) is 4.98 Å². The van der Waals surface area contributed by atoms with Crippen LogP contribution in [-0.2, 0) is 0 Å². The van der Waals surface area contributed by atoms with Gasteiger partial charge < -0.3 is 11.1 Å². The number of hydrogen-bond donors (Lipinski definition) is 2. The number of hydrogen-bond acceptors (Lipinski definition) is 4. The van der Waals surface area contributed by atoms with Crippen molar-refractivity contribution in [3.63, 3.8) is 0 Å². The summed E-state index contributed by atoms with van der Waals surface area (Å²) in [7, 11) is 0. The number of nitriles is 1. The van der Waals surface area contributed by atoms with Gasteiger partial charge in [-0.3, -0.25) is 4.79 Å². The first kappa shape index (κ1) is 11.6. The fourth-order valence-electron chi connectivity index (χ4n) is 1.46. The summed E-state index contributed by atoms with van der Waals surface area (Å²) in [5.74, 6) is 0.0491. The standard InChI is InChI=1S/C13H10N4O/c14-8-11-5-2-6-12(17-11)16-10-4-1-3-9(7-10)13(15)18/h1-7H,(H2,15,18)(H,16,17). The number of primary amides is 1. The molecule has 1 amide bonds. The van der Waals surface area contributed by atoms with E-state index in [9.17, 15) is 4.79 Å². The third-order valence-corrected chi connectivity index (χ3v) is 2.28. The zero-order chi connectivity index (χ0) is 13.0. The van der Waals surface area contributed by atoms with E-state index in [2.05, 4.69) is 10.3 Å². The third kappa shape index (κ3) is 2.62. The summed E-state index contributed by atoms with van der Waals surface area (Å²) in [4.78, 5) is 15.1. The van der Waals surface area contributed by atoms with Crippen LogP contribution in [0, 0.1) is 11.3 Å². The number of aromatic nitrogens is 1. The Labute approximate surface area is 104 Å². The molecule has 0 saturated carbocycles. The molecule has 0 unspecified atom stereocenters. The molecule has 0 atom stereocenters. The van der Waals surface area contributed by atoms with Crippen LogP contribution in [0.3, 0.4) is 0 Å². The number of amides is 1. The average Bonchev–Trinajstić information content (AvgIpc) is 2.39. The molecule has 0 aliphatic carbocycles. The Kier molecular flexibility index (Phi) is 3.21. The van der Waals surface area contributed by atoms with E-state index in [1.165, 1.54) is 0 Å². The molecule has 1 heterocycles. The van der Waals surface area contributed by atoms with Gasteiger partial charge in [-0.05, 0) is 30.3 Å². The van der Waals surface area contributed by atoms with Gasteiger partial charge in [-0.15, -0.1) is 0 Å². The topological polar surface area (TPSA) is 91.8 Å². The maximum Gasteiger partial charge on any atom is 0.248 e. The lowest BCUT2D eigenvalue weighted by molar-refractivity contribution is 0.100. The summed E-state index contributed by atoms with van der Waals surface area (Å²) >= 11 is 0. The first-order valence-corrected chi connectivity index (χ1v) is 5.23. The first-order chi connectivity index (χ1) is 8.69. The molecule has 5 nitrogen and oxygen atoms in total. The zero-order valence-electron chi connectivity index (χ0n) is 9.42. The van der Waals surface area contributed by atoms with E-state index in [0.29, 0.717) is 22.8 Å². The Morgan fingerprint density at radius 2 is 2.06 bits per heavy atom. The van der Waals surface area contributed by atoms with Crippen molar-refractivity contribution in [3.8, 4) is 6.07 Å². The second-order valence-electron chi connectivity index (χ2n) is 3.59. The normalized spacial score (nSPS) is 9.50. The van der Waals surface area contributed by atoms with Gasteiger partial charge in [0.05, 0.1) is 0 Å². The maximum absolute atomic E-state index is 11.0. The van der Waals surface area contributed by atoms with Crippen molar-refractivity contribution in [2.45, 2.75) is 0 Å². The fourth-order valence-corrected chi connectivity index (χ4v) is 1.46. The average molecular weight is 238 g/mol. The molecule has 0 radical (unpaired) electrons.